The van der Waals surface area contributed by atoms with E-state index in [4.69, 9.17) is 23.1 Å². The van der Waals surface area contributed by atoms with E-state index in [0.29, 0.717) is 31.5 Å². The van der Waals surface area contributed by atoms with Crippen molar-refractivity contribution in [2.75, 3.05) is 245 Å². The van der Waals surface area contributed by atoms with Crippen molar-refractivity contribution in [1.29, 1.82) is 0 Å². The maximum Gasteiger partial charge on any atom is 0.306 e. The third kappa shape index (κ3) is 102. The molecule has 598 valence electrons. The van der Waals surface area contributed by atoms with E-state index in [1.165, 1.54) is 63.3 Å². The Hall–Kier alpha value is 10.1. The minimum atomic E-state index is -1.25. The number of rotatable bonds is 63. The summed E-state index contributed by atoms with van der Waals surface area (Å²) in [6.45, 7) is -1.13. The van der Waals surface area contributed by atoms with Gasteiger partial charge in [-0.3, -0.25) is 19.2 Å². The number of hydrogen-bond acceptors (Lipinski definition) is 40. The van der Waals surface area contributed by atoms with Gasteiger partial charge in [0.1, 0.15) is 31.8 Å². The van der Waals surface area contributed by atoms with Gasteiger partial charge in [-0.05, 0) is 51.8 Å². The Morgan fingerprint density at radius 3 is 0.758 bits per heavy atom. The monoisotopic (exact) mass is 2210 g/mol. The van der Waals surface area contributed by atoms with Gasteiger partial charge in [0, 0.05) is 229 Å². The molecule has 0 radical (unpaired) electrons. The first-order chi connectivity index (χ1) is 48.6. The number of thiol groups is 20. The van der Waals surface area contributed by atoms with Crippen molar-refractivity contribution in [2.24, 2.45) is 5.41 Å². The molecular weight excluding hydrogens is 2090 g/mol. The maximum atomic E-state index is 11.8. The first-order valence-electron chi connectivity index (χ1n) is 32.4. The Kier molecular flexibility index (Phi) is 126. The van der Waals surface area contributed by atoms with E-state index in [-0.39, 0.29) is 106 Å². The Morgan fingerprint density at radius 2 is 0.515 bits per heavy atom. The fourth-order valence-electron chi connectivity index (χ4n) is 5.65. The zero-order chi connectivity index (χ0) is 77.7. The van der Waals surface area contributed by atoms with Crippen LogP contribution in [0.15, 0.2) is 0 Å². The second-order valence-corrected chi connectivity index (χ2v) is 42.9. The van der Waals surface area contributed by atoms with E-state index in [2.05, 4.69) is 253 Å². The van der Waals surface area contributed by atoms with E-state index >= 15 is 0 Å². The van der Waals surface area contributed by atoms with Gasteiger partial charge in [0.05, 0.1) is 25.7 Å². The molecule has 0 aromatic carbocycles. The Labute approximate surface area is 793 Å². The van der Waals surface area contributed by atoms with Crippen LogP contribution in [0.2, 0.25) is 0 Å². The molecule has 8 nitrogen and oxygen atoms in total. The van der Waals surface area contributed by atoms with E-state index in [9.17, 15) is 19.2 Å². The van der Waals surface area contributed by atoms with Gasteiger partial charge in [-0.15, -0.1) is 0 Å². The van der Waals surface area contributed by atoms with Gasteiger partial charge in [-0.25, -0.2) is 4.11 Å². The van der Waals surface area contributed by atoms with Crippen molar-refractivity contribution in [3.05, 3.63) is 7.35 Å². The van der Waals surface area contributed by atoms with Gasteiger partial charge in [0.2, 0.25) is 0 Å². The quantitative estimate of drug-likeness (QED) is 0.00933. The molecule has 0 fully saturated rings. The summed E-state index contributed by atoms with van der Waals surface area (Å²) in [6.07, 6.45) is 0.268. The van der Waals surface area contributed by atoms with Gasteiger partial charge in [0.15, 0.2) is 0 Å². The van der Waals surface area contributed by atoms with Gasteiger partial charge in [-0.1, -0.05) is 0 Å². The molecule has 0 N–H and O–H groups in total. The predicted molar refractivity (Wildman–Crippen MR) is 550 cm³/mol. The third-order valence-electron chi connectivity index (χ3n) is 10.3. The molecule has 0 aliphatic heterocycles. The van der Waals surface area contributed by atoms with Gasteiger partial charge < -0.3 is 26.3 Å². The van der Waals surface area contributed by atoms with Crippen molar-refractivity contribution in [3.8, 4) is 0 Å². The van der Waals surface area contributed by atoms with Crippen molar-refractivity contribution >= 4 is 418 Å². The zero-order valence-corrected chi connectivity index (χ0v) is 88.5. The largest absolute Gasteiger partial charge is 0.465 e. The summed E-state index contributed by atoms with van der Waals surface area (Å²) < 4.78 is 38.4. The van der Waals surface area contributed by atoms with Crippen LogP contribution in [0.25, 0.3) is 0 Å². The summed E-state index contributed by atoms with van der Waals surface area (Å²) in [5.74, 6) is 35.9. The summed E-state index contributed by atoms with van der Waals surface area (Å²) in [7, 11) is -0.833. The maximum absolute atomic E-state index is 11.8. The molecule has 99 heavy (non-hydrogen) atoms. The first-order valence-corrected chi connectivity index (χ1v) is 56.8. The Balaban J connectivity index is -0.000000178. The normalized spacial score (nSPS) is 12.1. The summed E-state index contributed by atoms with van der Waals surface area (Å²) in [5.41, 5.74) is -1.25. The summed E-state index contributed by atoms with van der Waals surface area (Å²) in [5, 5.41) is 3.63. The number of carbonyl (C=O) groups is 4. The predicted octanol–water partition coefficient (Wildman–Crippen LogP) is 16.7. The standard InChI is InChI=1S/C17H28O8S4.C11H24S7.C10H22S7.2C7H16S5.C5H12S4.CH3.U/c18-13(1-5-26)22-9-17(10-23-14(19)2-6-27,11-24-15(20)3-7-28)12-25-16(21)4-8-29;12-1-3-15-5-7-17-9-11(14)10-18-8-6-16-4-2-13;11-1-3-15-7-9(5-13)17-10(6-14)8-16-4-2-12;8-1-3-11-5-7(10)6-12-4-2-9;8-1-3-11-6-7(5-10)12-4-2-9;6-1-2-9-5(3-7)4-8;;/h26-29H,1-12H2;11-14H,1-10H2;9-14H,1-8H2;2*7-10H,1-6H2;5-8H,1-4H2;1H3;/q;;;;;;-1;/i;;;;;;1D3;. The molecule has 0 spiro atoms. The number of ether oxygens (including phenoxy) is 4. The van der Waals surface area contributed by atoms with Crippen LogP contribution in [0.5, 0.6) is 0 Å². The van der Waals surface area contributed by atoms with Crippen LogP contribution >= 0.6 is 394 Å². The molecule has 0 rings (SSSR count). The number of hydrogen-bond donors (Lipinski definition) is 20. The molecule has 0 saturated heterocycles. The van der Waals surface area contributed by atoms with Crippen LogP contribution < -0.4 is 0 Å². The molecule has 3 atom stereocenters. The Bertz CT molecular complexity index is 1530. The van der Waals surface area contributed by atoms with Crippen molar-refractivity contribution in [1.82, 2.24) is 0 Å². The van der Waals surface area contributed by atoms with Crippen LogP contribution in [-0.4, -0.2) is 300 Å². The fourth-order valence-corrected chi connectivity index (χ4v) is 25.0. The van der Waals surface area contributed by atoms with Crippen molar-refractivity contribution < 1.29 is 73.4 Å². The second kappa shape index (κ2) is 106. The molecule has 0 aliphatic carbocycles. The summed E-state index contributed by atoms with van der Waals surface area (Å²) in [4.78, 5) is 47.1. The topological polar surface area (TPSA) is 105 Å². The zero-order valence-electron chi connectivity index (χ0n) is 59.6. The van der Waals surface area contributed by atoms with Crippen LogP contribution in [0, 0.1) is 43.9 Å². The Morgan fingerprint density at radius 1 is 0.303 bits per heavy atom. The molecule has 0 aliphatic rings. The second-order valence-electron chi connectivity index (χ2n) is 18.9. The van der Waals surface area contributed by atoms with Crippen LogP contribution in [0.4, 0.5) is 0 Å². The SMILES string of the molecule is O=C(CCS)OCC(COC(=O)CCS)(COC(=O)CCS)COC(=O)CCS.SCCSC(CS)CS.SCCSCC(CS)SC(CS)CSCCS.SCCSCC(CS)SCCS.SCCSCC(S)CSCCS.SCCSCCSCC(S)CSCCSCCS.[2H][C-]([2H])[2H].[U]. The molecule has 0 bridgehead atoms. The molecule has 0 saturated carbocycles. The van der Waals surface area contributed by atoms with Gasteiger partial charge in [0.25, 0.3) is 0 Å². The van der Waals surface area contributed by atoms with E-state index in [1.54, 1.807) is 0 Å². The summed E-state index contributed by atoms with van der Waals surface area (Å²) in [6, 6.07) is 0. The summed E-state index contributed by atoms with van der Waals surface area (Å²) >= 11 is 108. The first kappa shape index (κ1) is 118. The van der Waals surface area contributed by atoms with E-state index < -0.39 is 36.6 Å². The van der Waals surface area contributed by atoms with Crippen molar-refractivity contribution in [2.45, 2.75) is 57.2 Å². The molecule has 0 aromatic rings. The number of esters is 4. The van der Waals surface area contributed by atoms with E-state index in [0.717, 1.165) is 132 Å². The average Bonchev–Trinajstić information content (AvgIpc) is 0.855. The molecule has 0 amide bonds. The molecule has 0 aromatic heterocycles. The average molecular weight is 2210 g/mol. The van der Waals surface area contributed by atoms with Crippen LogP contribution in [0.3, 0.4) is 0 Å². The minimum Gasteiger partial charge on any atom is -0.465 e. The van der Waals surface area contributed by atoms with Gasteiger partial charge >= 0.3 is 23.9 Å². The van der Waals surface area contributed by atoms with Crippen molar-refractivity contribution in [3.63, 3.8) is 0 Å². The minimum absolute atomic E-state index is 0. The molecule has 3 unspecified atom stereocenters. The van der Waals surface area contributed by atoms with Crippen LogP contribution in [0.1, 0.15) is 29.8 Å². The molecular formula is C58H121O8S32U-. The smallest absolute Gasteiger partial charge is 0.306 e. The number of carbonyl (C=O) groups excluding carboxylic acids is 4. The molecule has 0 heterocycles. The van der Waals surface area contributed by atoms with E-state index in [1.807, 2.05) is 141 Å². The van der Waals surface area contributed by atoms with Crippen LogP contribution in [-0.2, 0) is 38.1 Å². The number of thioether (sulfide) groups is 12. The third-order valence-corrected chi connectivity index (χ3v) is 36.0. The van der Waals surface area contributed by atoms with Gasteiger partial charge in [-0.2, -0.15) is 394 Å². The molecule has 41 heteroatoms. The fraction of sp³-hybridized carbons (Fsp3) is 0.914.